The standard InChI is InChI=1S/C25H26FN5O/c1-16-23-17(14-31-11-10-27-15-25(31,2)18-6-4-3-5-7-18)12-22(28-24(23)30-29-16)20-9-8-19(32)13-21(20)26/h3-9,12-13,27,32H,10-11,14-15H2,1-2H3,(H,28,29,30)/t25-/m0/s1. The Hall–Kier alpha value is -3.29. The van der Waals surface area contributed by atoms with Gasteiger partial charge in [0.05, 0.1) is 11.2 Å². The number of hydrogen-bond acceptors (Lipinski definition) is 5. The molecule has 1 aliphatic rings. The quantitative estimate of drug-likeness (QED) is 0.454. The number of aromatic hydroxyl groups is 1. The van der Waals surface area contributed by atoms with Gasteiger partial charge in [0.15, 0.2) is 5.65 Å². The van der Waals surface area contributed by atoms with Crippen molar-refractivity contribution in [3.63, 3.8) is 0 Å². The maximum atomic E-state index is 14.6. The normalized spacial score (nSPS) is 19.5. The lowest BCUT2D eigenvalue weighted by atomic mass is 9.87. The molecule has 2 aromatic heterocycles. The van der Waals surface area contributed by atoms with Crippen LogP contribution >= 0.6 is 0 Å². The van der Waals surface area contributed by atoms with E-state index in [1.165, 1.54) is 11.6 Å². The Morgan fingerprint density at radius 3 is 2.75 bits per heavy atom. The Kier molecular flexibility index (Phi) is 5.15. The van der Waals surface area contributed by atoms with Crippen molar-refractivity contribution in [2.45, 2.75) is 25.9 Å². The number of hydrogen-bond donors (Lipinski definition) is 3. The lowest BCUT2D eigenvalue weighted by Crippen LogP contribution is -2.56. The molecule has 1 saturated heterocycles. The van der Waals surface area contributed by atoms with Gasteiger partial charge in [-0.2, -0.15) is 5.10 Å². The van der Waals surface area contributed by atoms with Gasteiger partial charge in [-0.15, -0.1) is 0 Å². The van der Waals surface area contributed by atoms with Crippen molar-refractivity contribution < 1.29 is 9.50 Å². The number of aromatic nitrogens is 3. The van der Waals surface area contributed by atoms with E-state index in [4.69, 9.17) is 0 Å². The number of benzene rings is 2. The number of H-pyrrole nitrogens is 1. The average molecular weight is 432 g/mol. The number of nitrogens with zero attached hydrogens (tertiary/aromatic N) is 3. The van der Waals surface area contributed by atoms with Gasteiger partial charge in [0, 0.05) is 48.9 Å². The molecule has 2 aromatic carbocycles. The Morgan fingerprint density at radius 2 is 1.97 bits per heavy atom. The highest BCUT2D eigenvalue weighted by Gasteiger charge is 2.36. The van der Waals surface area contributed by atoms with Crippen molar-refractivity contribution in [2.75, 3.05) is 19.6 Å². The second kappa shape index (κ2) is 8.00. The molecule has 0 bridgehead atoms. The third-order valence-electron chi connectivity index (χ3n) is 6.50. The summed E-state index contributed by atoms with van der Waals surface area (Å²) in [6.45, 7) is 7.55. The first-order chi connectivity index (χ1) is 15.5. The highest BCUT2D eigenvalue weighted by Crippen LogP contribution is 2.34. The van der Waals surface area contributed by atoms with Crippen LogP contribution < -0.4 is 5.32 Å². The molecule has 1 aliphatic heterocycles. The molecular formula is C25H26FN5O. The van der Waals surface area contributed by atoms with Crippen molar-refractivity contribution in [3.05, 3.63) is 77.2 Å². The van der Waals surface area contributed by atoms with E-state index in [1.807, 2.05) is 19.1 Å². The molecule has 0 unspecified atom stereocenters. The number of phenolic OH excluding ortho intramolecular Hbond substituents is 1. The van der Waals surface area contributed by atoms with E-state index in [1.54, 1.807) is 6.07 Å². The first-order valence-electron chi connectivity index (χ1n) is 10.8. The number of aromatic amines is 1. The summed E-state index contributed by atoms with van der Waals surface area (Å²) in [4.78, 5) is 7.08. The maximum absolute atomic E-state index is 14.6. The Labute approximate surface area is 186 Å². The molecule has 32 heavy (non-hydrogen) atoms. The molecule has 4 aromatic rings. The first-order valence-corrected chi connectivity index (χ1v) is 10.8. The van der Waals surface area contributed by atoms with Gasteiger partial charge in [0.1, 0.15) is 11.6 Å². The lowest BCUT2D eigenvalue weighted by Gasteiger charge is -2.46. The van der Waals surface area contributed by atoms with Gasteiger partial charge in [0.2, 0.25) is 0 Å². The number of fused-ring (bicyclic) bond motifs is 1. The fourth-order valence-corrected chi connectivity index (χ4v) is 4.69. The summed E-state index contributed by atoms with van der Waals surface area (Å²) in [7, 11) is 0. The zero-order valence-corrected chi connectivity index (χ0v) is 18.2. The van der Waals surface area contributed by atoms with Crippen LogP contribution in [0.25, 0.3) is 22.3 Å². The molecule has 5 rings (SSSR count). The van der Waals surface area contributed by atoms with E-state index in [0.717, 1.165) is 42.3 Å². The van der Waals surface area contributed by atoms with E-state index in [-0.39, 0.29) is 11.3 Å². The molecular weight excluding hydrogens is 405 g/mol. The van der Waals surface area contributed by atoms with Crippen molar-refractivity contribution in [1.29, 1.82) is 0 Å². The second-order valence-corrected chi connectivity index (χ2v) is 8.62. The van der Waals surface area contributed by atoms with Gasteiger partial charge in [-0.25, -0.2) is 9.37 Å². The number of halogens is 1. The molecule has 3 N–H and O–H groups in total. The summed E-state index contributed by atoms with van der Waals surface area (Å²) < 4.78 is 14.6. The molecule has 1 atom stereocenters. The Morgan fingerprint density at radius 1 is 1.16 bits per heavy atom. The fourth-order valence-electron chi connectivity index (χ4n) is 4.69. The monoisotopic (exact) mass is 431 g/mol. The Balaban J connectivity index is 1.61. The largest absolute Gasteiger partial charge is 0.508 e. The summed E-state index contributed by atoms with van der Waals surface area (Å²) in [5.74, 6) is -0.617. The van der Waals surface area contributed by atoms with E-state index < -0.39 is 5.82 Å². The van der Waals surface area contributed by atoms with Gasteiger partial charge in [-0.3, -0.25) is 10.00 Å². The first kappa shape index (κ1) is 20.6. The third kappa shape index (κ3) is 3.53. The van der Waals surface area contributed by atoms with Crippen LogP contribution in [0, 0.1) is 12.7 Å². The average Bonchev–Trinajstić information content (AvgIpc) is 3.17. The SMILES string of the molecule is Cc1[nH]nc2nc(-c3ccc(O)cc3F)cc(CN3CCNC[C@@]3(C)c3ccccc3)c12. The second-order valence-electron chi connectivity index (χ2n) is 8.62. The molecule has 6 nitrogen and oxygen atoms in total. The van der Waals surface area contributed by atoms with E-state index >= 15 is 0 Å². The predicted octanol–water partition coefficient (Wildman–Crippen LogP) is 4.10. The topological polar surface area (TPSA) is 77.1 Å². The summed E-state index contributed by atoms with van der Waals surface area (Å²) in [6, 6.07) is 16.6. The summed E-state index contributed by atoms with van der Waals surface area (Å²) in [6.07, 6.45) is 0. The van der Waals surface area contributed by atoms with Gasteiger partial charge in [-0.05, 0) is 43.2 Å². The van der Waals surface area contributed by atoms with Crippen LogP contribution in [-0.4, -0.2) is 44.8 Å². The minimum absolute atomic E-state index is 0.109. The molecule has 0 amide bonds. The highest BCUT2D eigenvalue weighted by atomic mass is 19.1. The molecule has 0 saturated carbocycles. The molecule has 0 aliphatic carbocycles. The molecule has 1 fully saturated rings. The number of aryl methyl sites for hydroxylation is 1. The van der Waals surface area contributed by atoms with Gasteiger partial charge in [0.25, 0.3) is 0 Å². The van der Waals surface area contributed by atoms with E-state index in [0.29, 0.717) is 23.4 Å². The molecule has 164 valence electrons. The minimum Gasteiger partial charge on any atom is -0.508 e. The van der Waals surface area contributed by atoms with Crippen molar-refractivity contribution in [1.82, 2.24) is 25.4 Å². The van der Waals surface area contributed by atoms with E-state index in [9.17, 15) is 9.50 Å². The molecule has 0 spiro atoms. The number of phenols is 1. The van der Waals surface area contributed by atoms with Crippen molar-refractivity contribution >= 4 is 11.0 Å². The summed E-state index contributed by atoms with van der Waals surface area (Å²) in [5.41, 5.74) is 4.48. The smallest absolute Gasteiger partial charge is 0.182 e. The van der Waals surface area contributed by atoms with Crippen LogP contribution in [0.3, 0.4) is 0 Å². The number of piperazine rings is 1. The van der Waals surface area contributed by atoms with Crippen molar-refractivity contribution in [2.24, 2.45) is 0 Å². The minimum atomic E-state index is -0.508. The summed E-state index contributed by atoms with van der Waals surface area (Å²) >= 11 is 0. The zero-order chi connectivity index (χ0) is 22.3. The van der Waals surface area contributed by atoms with Gasteiger partial charge >= 0.3 is 0 Å². The maximum Gasteiger partial charge on any atom is 0.182 e. The van der Waals surface area contributed by atoms with Crippen LogP contribution in [0.4, 0.5) is 4.39 Å². The third-order valence-corrected chi connectivity index (χ3v) is 6.50. The van der Waals surface area contributed by atoms with Crippen LogP contribution in [0.15, 0.2) is 54.6 Å². The van der Waals surface area contributed by atoms with Crippen LogP contribution in [0.5, 0.6) is 5.75 Å². The van der Waals surface area contributed by atoms with Gasteiger partial charge in [-0.1, -0.05) is 30.3 Å². The summed E-state index contributed by atoms with van der Waals surface area (Å²) in [5, 5.41) is 21.5. The fraction of sp³-hybridized carbons (Fsp3) is 0.280. The molecule has 0 radical (unpaired) electrons. The number of pyridine rings is 1. The highest BCUT2D eigenvalue weighted by molar-refractivity contribution is 5.84. The van der Waals surface area contributed by atoms with Crippen LogP contribution in [0.1, 0.15) is 23.7 Å². The number of nitrogens with one attached hydrogen (secondary N) is 2. The molecule has 7 heteroatoms. The molecule has 3 heterocycles. The van der Waals surface area contributed by atoms with Crippen LogP contribution in [-0.2, 0) is 12.1 Å². The van der Waals surface area contributed by atoms with E-state index in [2.05, 4.69) is 56.6 Å². The zero-order valence-electron chi connectivity index (χ0n) is 18.2. The predicted molar refractivity (Wildman–Crippen MR) is 123 cm³/mol. The number of rotatable bonds is 4. The Bertz CT molecular complexity index is 1270. The lowest BCUT2D eigenvalue weighted by molar-refractivity contribution is 0.0654. The van der Waals surface area contributed by atoms with Gasteiger partial charge < -0.3 is 10.4 Å². The van der Waals surface area contributed by atoms with Crippen molar-refractivity contribution in [3.8, 4) is 17.0 Å². The van der Waals surface area contributed by atoms with Crippen LogP contribution in [0.2, 0.25) is 0 Å².